The molecule has 0 unspecified atom stereocenters. The number of nitrogens with two attached hydrogens (primary N) is 1. The number of hydrogen-bond donors (Lipinski definition) is 2. The van der Waals surface area contributed by atoms with Gasteiger partial charge in [-0.1, -0.05) is 24.3 Å². The quantitative estimate of drug-likeness (QED) is 0.856. The lowest BCUT2D eigenvalue weighted by atomic mass is 10.1. The van der Waals surface area contributed by atoms with Gasteiger partial charge in [-0.25, -0.2) is 9.59 Å². The zero-order valence-corrected chi connectivity index (χ0v) is 12.7. The standard InChI is InChI=1S/C17H18N2O4/c1-23-15-8-4-13(5-9-15)11-19(17(18)22)10-12-2-6-14(7-3-12)16(20)21/h2-9H,10-11H2,1H3,(H2,18,22)(H,20,21). The van der Waals surface area contributed by atoms with Crippen molar-refractivity contribution in [1.82, 2.24) is 4.90 Å². The molecule has 0 fully saturated rings. The molecule has 23 heavy (non-hydrogen) atoms. The summed E-state index contributed by atoms with van der Waals surface area (Å²) in [5.41, 5.74) is 7.37. The van der Waals surface area contributed by atoms with Crippen molar-refractivity contribution in [2.24, 2.45) is 5.73 Å². The van der Waals surface area contributed by atoms with Gasteiger partial charge in [0.15, 0.2) is 0 Å². The molecular formula is C17H18N2O4. The number of carboxylic acid groups (broad SMARTS) is 1. The average Bonchev–Trinajstić information content (AvgIpc) is 2.55. The molecule has 6 heteroatoms. The maximum absolute atomic E-state index is 11.6. The second kappa shape index (κ2) is 7.31. The molecule has 0 aromatic heterocycles. The first-order valence-electron chi connectivity index (χ1n) is 6.99. The molecule has 6 nitrogen and oxygen atoms in total. The van der Waals surface area contributed by atoms with Crippen LogP contribution in [0.2, 0.25) is 0 Å². The fourth-order valence-corrected chi connectivity index (χ4v) is 2.14. The number of rotatable bonds is 6. The van der Waals surface area contributed by atoms with Gasteiger partial charge in [0.25, 0.3) is 0 Å². The highest BCUT2D eigenvalue weighted by Crippen LogP contribution is 2.15. The minimum atomic E-state index is -0.985. The van der Waals surface area contributed by atoms with Crippen LogP contribution in [0, 0.1) is 0 Å². The van der Waals surface area contributed by atoms with E-state index in [1.807, 2.05) is 24.3 Å². The maximum atomic E-state index is 11.6. The van der Waals surface area contributed by atoms with Gasteiger partial charge in [0, 0.05) is 13.1 Å². The lowest BCUT2D eigenvalue weighted by Crippen LogP contribution is -2.34. The van der Waals surface area contributed by atoms with Gasteiger partial charge in [0.05, 0.1) is 12.7 Å². The summed E-state index contributed by atoms with van der Waals surface area (Å²) in [7, 11) is 1.59. The van der Waals surface area contributed by atoms with E-state index in [0.717, 1.165) is 16.9 Å². The van der Waals surface area contributed by atoms with E-state index in [1.54, 1.807) is 19.2 Å². The fraction of sp³-hybridized carbons (Fsp3) is 0.176. The van der Waals surface area contributed by atoms with E-state index in [-0.39, 0.29) is 5.56 Å². The van der Waals surface area contributed by atoms with Crippen molar-refractivity contribution >= 4 is 12.0 Å². The molecule has 0 radical (unpaired) electrons. The molecule has 0 aliphatic heterocycles. The Morgan fingerprint density at radius 3 is 1.87 bits per heavy atom. The summed E-state index contributed by atoms with van der Waals surface area (Å²) in [6, 6.07) is 13.2. The number of nitrogens with zero attached hydrogens (tertiary/aromatic N) is 1. The van der Waals surface area contributed by atoms with Gasteiger partial charge in [0.1, 0.15) is 5.75 Å². The van der Waals surface area contributed by atoms with Crippen molar-refractivity contribution in [3.63, 3.8) is 0 Å². The zero-order chi connectivity index (χ0) is 16.8. The van der Waals surface area contributed by atoms with Gasteiger partial charge in [-0.2, -0.15) is 0 Å². The van der Waals surface area contributed by atoms with Crippen LogP contribution in [0.1, 0.15) is 21.5 Å². The summed E-state index contributed by atoms with van der Waals surface area (Å²) in [5.74, 6) is -0.245. The van der Waals surface area contributed by atoms with Crippen LogP contribution in [0.5, 0.6) is 5.75 Å². The monoisotopic (exact) mass is 314 g/mol. The van der Waals surface area contributed by atoms with E-state index in [9.17, 15) is 9.59 Å². The average molecular weight is 314 g/mol. The molecule has 0 saturated heterocycles. The van der Waals surface area contributed by atoms with E-state index in [1.165, 1.54) is 17.0 Å². The SMILES string of the molecule is COc1ccc(CN(Cc2ccc(C(=O)O)cc2)C(N)=O)cc1. The third-order valence-corrected chi connectivity index (χ3v) is 3.42. The van der Waals surface area contributed by atoms with Gasteiger partial charge >= 0.3 is 12.0 Å². The van der Waals surface area contributed by atoms with Crippen LogP contribution in [-0.4, -0.2) is 29.1 Å². The van der Waals surface area contributed by atoms with Crippen molar-refractivity contribution in [1.29, 1.82) is 0 Å². The Morgan fingerprint density at radius 2 is 1.48 bits per heavy atom. The maximum Gasteiger partial charge on any atom is 0.335 e. The molecule has 0 atom stereocenters. The summed E-state index contributed by atoms with van der Waals surface area (Å²) < 4.78 is 5.09. The summed E-state index contributed by atoms with van der Waals surface area (Å²) in [4.78, 5) is 24.0. The number of primary amides is 1. The molecule has 2 aromatic carbocycles. The largest absolute Gasteiger partial charge is 0.497 e. The molecule has 0 saturated carbocycles. The lowest BCUT2D eigenvalue weighted by molar-refractivity contribution is 0.0697. The van der Waals surface area contributed by atoms with E-state index in [4.69, 9.17) is 15.6 Å². The van der Waals surface area contributed by atoms with Gasteiger partial charge < -0.3 is 20.5 Å². The highest BCUT2D eigenvalue weighted by Gasteiger charge is 2.12. The number of ether oxygens (including phenoxy) is 1. The van der Waals surface area contributed by atoms with Crippen molar-refractivity contribution in [2.75, 3.05) is 7.11 Å². The van der Waals surface area contributed by atoms with Crippen LogP contribution in [0.3, 0.4) is 0 Å². The molecule has 0 heterocycles. The fourth-order valence-electron chi connectivity index (χ4n) is 2.14. The van der Waals surface area contributed by atoms with Crippen molar-refractivity contribution < 1.29 is 19.4 Å². The number of aromatic carboxylic acids is 1. The van der Waals surface area contributed by atoms with Gasteiger partial charge in [0.2, 0.25) is 0 Å². The minimum Gasteiger partial charge on any atom is -0.497 e. The van der Waals surface area contributed by atoms with Crippen molar-refractivity contribution in [3.8, 4) is 5.75 Å². The molecule has 2 aromatic rings. The van der Waals surface area contributed by atoms with E-state index >= 15 is 0 Å². The number of hydrogen-bond acceptors (Lipinski definition) is 3. The Bertz CT molecular complexity index is 681. The van der Waals surface area contributed by atoms with E-state index in [2.05, 4.69) is 0 Å². The Morgan fingerprint density at radius 1 is 1.00 bits per heavy atom. The highest BCUT2D eigenvalue weighted by atomic mass is 16.5. The first-order chi connectivity index (χ1) is 11.0. The van der Waals surface area contributed by atoms with Gasteiger partial charge in [-0.15, -0.1) is 0 Å². The van der Waals surface area contributed by atoms with Gasteiger partial charge in [-0.05, 0) is 35.4 Å². The summed E-state index contributed by atoms with van der Waals surface area (Å²) in [6.07, 6.45) is 0. The predicted molar refractivity (Wildman–Crippen MR) is 85.2 cm³/mol. The zero-order valence-electron chi connectivity index (χ0n) is 12.7. The summed E-state index contributed by atoms with van der Waals surface area (Å²) in [5, 5.41) is 8.89. The van der Waals surface area contributed by atoms with Crippen LogP contribution < -0.4 is 10.5 Å². The van der Waals surface area contributed by atoms with Crippen LogP contribution >= 0.6 is 0 Å². The number of methoxy groups -OCH3 is 1. The highest BCUT2D eigenvalue weighted by molar-refractivity contribution is 5.87. The minimum absolute atomic E-state index is 0.203. The number of urea groups is 1. The number of carboxylic acids is 1. The van der Waals surface area contributed by atoms with Crippen LogP contribution in [-0.2, 0) is 13.1 Å². The molecule has 2 amide bonds. The molecule has 3 N–H and O–H groups in total. The summed E-state index contributed by atoms with van der Waals surface area (Å²) >= 11 is 0. The molecule has 0 aliphatic carbocycles. The Hall–Kier alpha value is -3.02. The number of benzene rings is 2. The van der Waals surface area contributed by atoms with Crippen LogP contribution in [0.25, 0.3) is 0 Å². The molecule has 2 rings (SSSR count). The van der Waals surface area contributed by atoms with Crippen LogP contribution in [0.15, 0.2) is 48.5 Å². The normalized spacial score (nSPS) is 10.1. The topological polar surface area (TPSA) is 92.9 Å². The first kappa shape index (κ1) is 16.4. The smallest absolute Gasteiger partial charge is 0.335 e. The van der Waals surface area contributed by atoms with Crippen molar-refractivity contribution in [3.05, 3.63) is 65.2 Å². The second-order valence-corrected chi connectivity index (χ2v) is 5.04. The third-order valence-electron chi connectivity index (χ3n) is 3.42. The number of amides is 2. The Labute approximate surface area is 134 Å². The first-order valence-corrected chi connectivity index (χ1v) is 6.99. The molecule has 0 aliphatic rings. The van der Waals surface area contributed by atoms with E-state index < -0.39 is 12.0 Å². The Kier molecular flexibility index (Phi) is 5.19. The van der Waals surface area contributed by atoms with Crippen molar-refractivity contribution in [2.45, 2.75) is 13.1 Å². The number of carbonyl (C=O) groups excluding carboxylic acids is 1. The molecule has 0 bridgehead atoms. The van der Waals surface area contributed by atoms with E-state index in [0.29, 0.717) is 13.1 Å². The second-order valence-electron chi connectivity index (χ2n) is 5.04. The Balaban J connectivity index is 2.08. The van der Waals surface area contributed by atoms with Gasteiger partial charge in [-0.3, -0.25) is 0 Å². The summed E-state index contributed by atoms with van der Waals surface area (Å²) in [6.45, 7) is 0.668. The number of carbonyl (C=O) groups is 2. The van der Waals surface area contributed by atoms with Crippen LogP contribution in [0.4, 0.5) is 4.79 Å². The molecule has 0 spiro atoms. The molecular weight excluding hydrogens is 296 g/mol. The third kappa shape index (κ3) is 4.47. The molecule has 120 valence electrons. The lowest BCUT2D eigenvalue weighted by Gasteiger charge is -2.21. The predicted octanol–water partition coefficient (Wildman–Crippen LogP) is 2.47.